The number of hydrogen-bond acceptors (Lipinski definition) is 3. The van der Waals surface area contributed by atoms with Crippen LogP contribution in [0.3, 0.4) is 0 Å². The SMILES string of the molecule is Cc1cc(OCCCCN2C(=O)C(=O)c3cc(Cl)ccc32)ccc1Cl. The van der Waals surface area contributed by atoms with Crippen molar-refractivity contribution in [1.82, 2.24) is 0 Å². The highest BCUT2D eigenvalue weighted by Crippen LogP contribution is 2.31. The summed E-state index contributed by atoms with van der Waals surface area (Å²) in [5.74, 6) is -0.216. The molecule has 1 heterocycles. The normalized spacial score (nSPS) is 13.3. The Bertz CT molecular complexity index is 835. The predicted octanol–water partition coefficient (Wildman–Crippen LogP) is 4.69. The molecule has 25 heavy (non-hydrogen) atoms. The van der Waals surface area contributed by atoms with Gasteiger partial charge in [0.15, 0.2) is 0 Å². The zero-order valence-corrected chi connectivity index (χ0v) is 15.2. The summed E-state index contributed by atoms with van der Waals surface area (Å²) in [6.07, 6.45) is 1.50. The number of Topliss-reactive ketones (excluding diaryl/α,β-unsaturated/α-hetero) is 1. The maximum absolute atomic E-state index is 12.1. The topological polar surface area (TPSA) is 46.6 Å². The molecule has 1 aliphatic heterocycles. The van der Waals surface area contributed by atoms with Gasteiger partial charge in [-0.25, -0.2) is 0 Å². The van der Waals surface area contributed by atoms with Crippen molar-refractivity contribution in [2.45, 2.75) is 19.8 Å². The molecule has 0 aromatic heterocycles. The Morgan fingerprint density at radius 3 is 2.60 bits per heavy atom. The Labute approximate surface area is 156 Å². The summed E-state index contributed by atoms with van der Waals surface area (Å²) >= 11 is 11.9. The van der Waals surface area contributed by atoms with Crippen LogP contribution in [0.4, 0.5) is 5.69 Å². The molecule has 2 aromatic carbocycles. The molecule has 0 saturated heterocycles. The fraction of sp³-hybridized carbons (Fsp3) is 0.263. The molecule has 0 unspecified atom stereocenters. The quantitative estimate of drug-likeness (QED) is 0.541. The largest absolute Gasteiger partial charge is 0.494 e. The van der Waals surface area contributed by atoms with Crippen LogP contribution in [0.1, 0.15) is 28.8 Å². The van der Waals surface area contributed by atoms with E-state index in [0.717, 1.165) is 24.2 Å². The summed E-state index contributed by atoms with van der Waals surface area (Å²) in [5, 5.41) is 1.16. The predicted molar refractivity (Wildman–Crippen MR) is 99.1 cm³/mol. The molecule has 130 valence electrons. The van der Waals surface area contributed by atoms with Gasteiger partial charge in [-0.3, -0.25) is 9.59 Å². The van der Waals surface area contributed by atoms with Gasteiger partial charge in [-0.1, -0.05) is 23.2 Å². The number of carbonyl (C=O) groups excluding carboxylic acids is 2. The van der Waals surface area contributed by atoms with Gasteiger partial charge in [0.25, 0.3) is 11.7 Å². The fourth-order valence-corrected chi connectivity index (χ4v) is 3.05. The summed E-state index contributed by atoms with van der Waals surface area (Å²) in [5.41, 5.74) is 1.98. The minimum Gasteiger partial charge on any atom is -0.494 e. The summed E-state index contributed by atoms with van der Waals surface area (Å²) < 4.78 is 5.69. The molecule has 0 radical (unpaired) electrons. The minimum absolute atomic E-state index is 0.380. The van der Waals surface area contributed by atoms with Crippen LogP contribution in [0.15, 0.2) is 36.4 Å². The molecule has 0 atom stereocenters. The Morgan fingerprint density at radius 1 is 1.04 bits per heavy atom. The van der Waals surface area contributed by atoms with Crippen molar-refractivity contribution in [1.29, 1.82) is 0 Å². The molecule has 0 fully saturated rings. The lowest BCUT2D eigenvalue weighted by molar-refractivity contribution is -0.114. The van der Waals surface area contributed by atoms with E-state index in [9.17, 15) is 9.59 Å². The van der Waals surface area contributed by atoms with Crippen molar-refractivity contribution in [3.05, 3.63) is 57.6 Å². The van der Waals surface area contributed by atoms with Crippen molar-refractivity contribution in [3.8, 4) is 5.75 Å². The third kappa shape index (κ3) is 3.80. The first kappa shape index (κ1) is 17.8. The number of fused-ring (bicyclic) bond motifs is 1. The lowest BCUT2D eigenvalue weighted by atomic mass is 10.1. The number of halogens is 2. The third-order valence-electron chi connectivity index (χ3n) is 4.11. The standard InChI is InChI=1S/C19H17Cl2NO3/c1-12-10-14(5-6-16(12)21)25-9-3-2-8-22-17-7-4-13(20)11-15(17)18(23)19(22)24/h4-7,10-11H,2-3,8-9H2,1H3. The molecule has 1 aliphatic rings. The van der Waals surface area contributed by atoms with Gasteiger partial charge in [-0.15, -0.1) is 0 Å². The van der Waals surface area contributed by atoms with E-state index in [-0.39, 0.29) is 0 Å². The number of ether oxygens (including phenoxy) is 1. The maximum atomic E-state index is 12.1. The van der Waals surface area contributed by atoms with Gasteiger partial charge in [0.1, 0.15) is 5.75 Å². The smallest absolute Gasteiger partial charge is 0.299 e. The number of ketones is 1. The van der Waals surface area contributed by atoms with E-state index >= 15 is 0 Å². The van der Waals surface area contributed by atoms with E-state index in [1.54, 1.807) is 18.2 Å². The highest BCUT2D eigenvalue weighted by Gasteiger charge is 2.35. The first-order chi connectivity index (χ1) is 12.0. The number of benzene rings is 2. The number of anilines is 1. The molecule has 1 amide bonds. The Hall–Kier alpha value is -2.04. The average molecular weight is 378 g/mol. The minimum atomic E-state index is -0.495. The van der Waals surface area contributed by atoms with Crippen LogP contribution in [0.25, 0.3) is 0 Å². The van der Waals surface area contributed by atoms with Crippen LogP contribution in [0, 0.1) is 6.92 Å². The Kier molecular flexibility index (Phi) is 5.30. The second-order valence-electron chi connectivity index (χ2n) is 5.91. The van der Waals surface area contributed by atoms with Crippen molar-refractivity contribution in [2.24, 2.45) is 0 Å². The second-order valence-corrected chi connectivity index (χ2v) is 6.76. The van der Waals surface area contributed by atoms with Crippen molar-refractivity contribution >= 4 is 40.6 Å². The van der Waals surface area contributed by atoms with Gasteiger partial charge < -0.3 is 9.64 Å². The third-order valence-corrected chi connectivity index (χ3v) is 4.77. The van der Waals surface area contributed by atoms with Gasteiger partial charge in [-0.05, 0) is 61.7 Å². The molecule has 0 bridgehead atoms. The van der Waals surface area contributed by atoms with Crippen LogP contribution in [0.5, 0.6) is 5.75 Å². The van der Waals surface area contributed by atoms with Crippen LogP contribution in [0.2, 0.25) is 10.0 Å². The Morgan fingerprint density at radius 2 is 1.84 bits per heavy atom. The average Bonchev–Trinajstić information content (AvgIpc) is 2.82. The summed E-state index contributed by atoms with van der Waals surface area (Å²) in [6, 6.07) is 10.5. The highest BCUT2D eigenvalue weighted by atomic mass is 35.5. The number of nitrogens with zero attached hydrogens (tertiary/aromatic N) is 1. The zero-order chi connectivity index (χ0) is 18.0. The van der Waals surface area contributed by atoms with Gasteiger partial charge in [0.05, 0.1) is 17.9 Å². The number of hydrogen-bond donors (Lipinski definition) is 0. The molecule has 3 rings (SSSR count). The molecular formula is C19H17Cl2NO3. The lowest BCUT2D eigenvalue weighted by Crippen LogP contribution is -2.30. The van der Waals surface area contributed by atoms with Crippen LogP contribution in [-0.4, -0.2) is 24.8 Å². The summed E-state index contributed by atoms with van der Waals surface area (Å²) in [4.78, 5) is 25.6. The number of carbonyl (C=O) groups is 2. The molecule has 4 nitrogen and oxygen atoms in total. The van der Waals surface area contributed by atoms with Crippen LogP contribution < -0.4 is 9.64 Å². The number of rotatable bonds is 6. The molecule has 6 heteroatoms. The van der Waals surface area contributed by atoms with E-state index in [4.69, 9.17) is 27.9 Å². The molecule has 0 aliphatic carbocycles. The van der Waals surface area contributed by atoms with Crippen LogP contribution in [-0.2, 0) is 4.79 Å². The summed E-state index contributed by atoms with van der Waals surface area (Å²) in [6.45, 7) is 2.93. The first-order valence-corrected chi connectivity index (χ1v) is 8.77. The van der Waals surface area contributed by atoms with Gasteiger partial charge in [-0.2, -0.15) is 0 Å². The second kappa shape index (κ2) is 7.46. The van der Waals surface area contributed by atoms with E-state index in [2.05, 4.69) is 0 Å². The molecule has 0 spiro atoms. The van der Waals surface area contributed by atoms with E-state index in [1.165, 1.54) is 4.90 Å². The monoisotopic (exact) mass is 377 g/mol. The fourth-order valence-electron chi connectivity index (χ4n) is 2.76. The molecular weight excluding hydrogens is 361 g/mol. The molecule has 2 aromatic rings. The highest BCUT2D eigenvalue weighted by molar-refractivity contribution is 6.52. The van der Waals surface area contributed by atoms with Crippen molar-refractivity contribution in [3.63, 3.8) is 0 Å². The van der Waals surface area contributed by atoms with Crippen molar-refractivity contribution < 1.29 is 14.3 Å². The number of aryl methyl sites for hydroxylation is 1. The first-order valence-electron chi connectivity index (χ1n) is 8.02. The summed E-state index contributed by atoms with van der Waals surface area (Å²) in [7, 11) is 0. The molecule has 0 N–H and O–H groups in total. The van der Waals surface area contributed by atoms with E-state index < -0.39 is 11.7 Å². The van der Waals surface area contributed by atoms with E-state index in [1.807, 2.05) is 25.1 Å². The van der Waals surface area contributed by atoms with Crippen molar-refractivity contribution in [2.75, 3.05) is 18.1 Å². The zero-order valence-electron chi connectivity index (χ0n) is 13.7. The van der Waals surface area contributed by atoms with Crippen LogP contribution >= 0.6 is 23.2 Å². The lowest BCUT2D eigenvalue weighted by Gasteiger charge is -2.16. The van der Waals surface area contributed by atoms with Gasteiger partial charge >= 0.3 is 0 Å². The number of amides is 1. The van der Waals surface area contributed by atoms with Gasteiger partial charge in [0, 0.05) is 16.6 Å². The number of unbranched alkanes of at least 4 members (excludes halogenated alkanes) is 1. The maximum Gasteiger partial charge on any atom is 0.299 e. The molecule has 0 saturated carbocycles. The van der Waals surface area contributed by atoms with Gasteiger partial charge in [0.2, 0.25) is 0 Å². The van der Waals surface area contributed by atoms with E-state index in [0.29, 0.717) is 34.4 Å². The Balaban J connectivity index is 1.52.